The average Bonchev–Trinajstić information content (AvgIpc) is 2.84. The van der Waals surface area contributed by atoms with E-state index in [1.165, 1.54) is 17.0 Å². The Hall–Kier alpha value is -2.89. The summed E-state index contributed by atoms with van der Waals surface area (Å²) in [5.74, 6) is -1.21. The first-order valence-corrected chi connectivity index (χ1v) is 12.4. The molecule has 0 aromatic heterocycles. The van der Waals surface area contributed by atoms with Crippen molar-refractivity contribution in [2.24, 2.45) is 0 Å². The lowest BCUT2D eigenvalue weighted by Crippen LogP contribution is -2.51. The molecule has 7 heteroatoms. The van der Waals surface area contributed by atoms with Crippen molar-refractivity contribution in [3.63, 3.8) is 0 Å². The number of amides is 2. The fraction of sp³-hybridized carbons (Fsp3) is 0.286. The van der Waals surface area contributed by atoms with Gasteiger partial charge in [0.1, 0.15) is 11.9 Å². The van der Waals surface area contributed by atoms with Gasteiger partial charge in [-0.15, -0.1) is 0 Å². The Balaban J connectivity index is 1.98. The summed E-state index contributed by atoms with van der Waals surface area (Å²) in [6.45, 7) is 2.70. The third kappa shape index (κ3) is 7.81. The average molecular weight is 515 g/mol. The molecular formula is C28H29Cl2FN2O2. The minimum absolute atomic E-state index is 0.111. The molecule has 0 heterocycles. The maximum absolute atomic E-state index is 14.5. The zero-order valence-electron chi connectivity index (χ0n) is 19.6. The number of halogens is 3. The molecule has 184 valence electrons. The quantitative estimate of drug-likeness (QED) is 0.308. The summed E-state index contributed by atoms with van der Waals surface area (Å²) in [6.07, 6.45) is 1.81. The van der Waals surface area contributed by atoms with Crippen molar-refractivity contribution in [3.8, 4) is 0 Å². The van der Waals surface area contributed by atoms with E-state index in [9.17, 15) is 14.0 Å². The molecule has 0 aliphatic rings. The van der Waals surface area contributed by atoms with Gasteiger partial charge in [-0.2, -0.15) is 0 Å². The van der Waals surface area contributed by atoms with Gasteiger partial charge >= 0.3 is 0 Å². The van der Waals surface area contributed by atoms with Crippen LogP contribution in [0.1, 0.15) is 36.5 Å². The summed E-state index contributed by atoms with van der Waals surface area (Å²) >= 11 is 12.4. The summed E-state index contributed by atoms with van der Waals surface area (Å²) in [6, 6.07) is 20.2. The summed E-state index contributed by atoms with van der Waals surface area (Å²) in [5.41, 5.74) is 1.79. The monoisotopic (exact) mass is 514 g/mol. The van der Waals surface area contributed by atoms with E-state index in [1.54, 1.807) is 24.3 Å². The first-order chi connectivity index (χ1) is 16.9. The number of hydrogen-bond acceptors (Lipinski definition) is 2. The van der Waals surface area contributed by atoms with E-state index in [1.807, 2.05) is 43.3 Å². The zero-order valence-corrected chi connectivity index (χ0v) is 21.2. The smallest absolute Gasteiger partial charge is 0.243 e. The van der Waals surface area contributed by atoms with Crippen molar-refractivity contribution in [1.29, 1.82) is 0 Å². The number of benzene rings is 3. The van der Waals surface area contributed by atoms with Crippen LogP contribution in [0.4, 0.5) is 4.39 Å². The van der Waals surface area contributed by atoms with E-state index in [0.29, 0.717) is 18.0 Å². The van der Waals surface area contributed by atoms with Gasteiger partial charge in [0.05, 0.1) is 6.42 Å². The van der Waals surface area contributed by atoms with Crippen LogP contribution in [0.25, 0.3) is 0 Å². The number of unbranched alkanes of at least 4 members (excludes halogenated alkanes) is 1. The van der Waals surface area contributed by atoms with Crippen LogP contribution in [-0.4, -0.2) is 29.3 Å². The number of nitrogens with one attached hydrogen (secondary N) is 1. The van der Waals surface area contributed by atoms with E-state index >= 15 is 0 Å². The molecule has 2 amide bonds. The highest BCUT2D eigenvalue weighted by Crippen LogP contribution is 2.23. The van der Waals surface area contributed by atoms with E-state index in [-0.39, 0.29) is 29.5 Å². The highest BCUT2D eigenvalue weighted by molar-refractivity contribution is 6.31. The van der Waals surface area contributed by atoms with Crippen LogP contribution >= 0.6 is 23.2 Å². The Morgan fingerprint density at radius 2 is 1.69 bits per heavy atom. The van der Waals surface area contributed by atoms with Gasteiger partial charge in [-0.05, 0) is 41.8 Å². The molecule has 0 aliphatic heterocycles. The molecule has 0 aliphatic carbocycles. The fourth-order valence-electron chi connectivity index (χ4n) is 3.85. The van der Waals surface area contributed by atoms with Gasteiger partial charge < -0.3 is 10.2 Å². The van der Waals surface area contributed by atoms with Crippen LogP contribution in [0, 0.1) is 5.82 Å². The molecular weight excluding hydrogens is 486 g/mol. The maximum Gasteiger partial charge on any atom is 0.243 e. The topological polar surface area (TPSA) is 49.4 Å². The standard InChI is InChI=1S/C28H29Cl2FN2O2/c1-2-3-15-32-28(35)26(17-20-9-5-4-6-10-20)33(19-21-11-7-12-22(29)16-21)27(34)18-23-24(30)13-8-14-25(23)31/h4-14,16,26H,2-3,15,17-19H2,1H3,(H,32,35)/t26-/m1/s1. The molecule has 3 aromatic rings. The van der Waals surface area contributed by atoms with Crippen LogP contribution in [0.5, 0.6) is 0 Å². The normalized spacial score (nSPS) is 11.7. The van der Waals surface area contributed by atoms with Crippen LogP contribution in [0.15, 0.2) is 72.8 Å². The molecule has 0 saturated carbocycles. The summed E-state index contributed by atoms with van der Waals surface area (Å²) < 4.78 is 14.5. The number of hydrogen-bond donors (Lipinski definition) is 1. The Labute approximate surface area is 216 Å². The van der Waals surface area contributed by atoms with Gasteiger partial charge in [-0.1, -0.05) is 85.1 Å². The van der Waals surface area contributed by atoms with Crippen molar-refractivity contribution in [3.05, 3.63) is 105 Å². The van der Waals surface area contributed by atoms with E-state index < -0.39 is 17.8 Å². The largest absolute Gasteiger partial charge is 0.354 e. The van der Waals surface area contributed by atoms with Gasteiger partial charge in [-0.25, -0.2) is 4.39 Å². The van der Waals surface area contributed by atoms with Gasteiger partial charge in [-0.3, -0.25) is 9.59 Å². The molecule has 1 atom stereocenters. The second-order valence-corrected chi connectivity index (χ2v) is 9.22. The van der Waals surface area contributed by atoms with Crippen LogP contribution in [0.3, 0.4) is 0 Å². The highest BCUT2D eigenvalue weighted by atomic mass is 35.5. The summed E-state index contributed by atoms with van der Waals surface area (Å²) in [7, 11) is 0. The van der Waals surface area contributed by atoms with Crippen LogP contribution in [-0.2, 0) is 29.0 Å². The molecule has 3 aromatic carbocycles. The van der Waals surface area contributed by atoms with Gasteiger partial charge in [0, 0.05) is 35.1 Å². The molecule has 0 unspecified atom stereocenters. The number of carbonyl (C=O) groups is 2. The maximum atomic E-state index is 14.5. The first kappa shape index (κ1) is 26.7. The van der Waals surface area contributed by atoms with E-state index in [0.717, 1.165) is 24.0 Å². The Kier molecular flexibility index (Phi) is 10.1. The van der Waals surface area contributed by atoms with Crippen LogP contribution in [0.2, 0.25) is 10.0 Å². The molecule has 4 nitrogen and oxygen atoms in total. The molecule has 0 saturated heterocycles. The van der Waals surface area contributed by atoms with Gasteiger partial charge in [0.15, 0.2) is 0 Å². The third-order valence-corrected chi connectivity index (χ3v) is 6.32. The molecule has 0 fully saturated rings. The minimum atomic E-state index is -0.800. The molecule has 1 N–H and O–H groups in total. The predicted octanol–water partition coefficient (Wildman–Crippen LogP) is 6.23. The van der Waals surface area contributed by atoms with Crippen molar-refractivity contribution < 1.29 is 14.0 Å². The Bertz CT molecular complexity index is 1120. The number of nitrogens with zero attached hydrogens (tertiary/aromatic N) is 1. The lowest BCUT2D eigenvalue weighted by Gasteiger charge is -2.32. The van der Waals surface area contributed by atoms with Gasteiger partial charge in [0.25, 0.3) is 0 Å². The van der Waals surface area contributed by atoms with E-state index in [2.05, 4.69) is 5.32 Å². The second-order valence-electron chi connectivity index (χ2n) is 8.38. The van der Waals surface area contributed by atoms with Crippen molar-refractivity contribution in [2.45, 2.75) is 45.2 Å². The van der Waals surface area contributed by atoms with Crippen molar-refractivity contribution >= 4 is 35.0 Å². The molecule has 0 radical (unpaired) electrons. The third-order valence-electron chi connectivity index (χ3n) is 5.73. The van der Waals surface area contributed by atoms with E-state index in [4.69, 9.17) is 23.2 Å². The van der Waals surface area contributed by atoms with Gasteiger partial charge in [0.2, 0.25) is 11.8 Å². The summed E-state index contributed by atoms with van der Waals surface area (Å²) in [5, 5.41) is 3.67. The lowest BCUT2D eigenvalue weighted by molar-refractivity contribution is -0.140. The molecule has 0 spiro atoms. The Morgan fingerprint density at radius 1 is 0.971 bits per heavy atom. The number of rotatable bonds is 11. The Morgan fingerprint density at radius 3 is 2.37 bits per heavy atom. The highest BCUT2D eigenvalue weighted by Gasteiger charge is 2.31. The number of carbonyl (C=O) groups excluding carboxylic acids is 2. The molecule has 35 heavy (non-hydrogen) atoms. The van der Waals surface area contributed by atoms with Crippen molar-refractivity contribution in [2.75, 3.05) is 6.54 Å². The predicted molar refractivity (Wildman–Crippen MR) is 139 cm³/mol. The molecule has 3 rings (SSSR count). The SMILES string of the molecule is CCCCNC(=O)[C@@H](Cc1ccccc1)N(Cc1cccc(Cl)c1)C(=O)Cc1c(F)cccc1Cl. The van der Waals surface area contributed by atoms with Crippen LogP contribution < -0.4 is 5.32 Å². The lowest BCUT2D eigenvalue weighted by atomic mass is 10.0. The first-order valence-electron chi connectivity index (χ1n) is 11.7. The minimum Gasteiger partial charge on any atom is -0.354 e. The zero-order chi connectivity index (χ0) is 25.2. The summed E-state index contributed by atoms with van der Waals surface area (Å²) in [4.78, 5) is 28.5. The molecule has 0 bridgehead atoms. The fourth-order valence-corrected chi connectivity index (χ4v) is 4.29. The van der Waals surface area contributed by atoms with Crippen molar-refractivity contribution in [1.82, 2.24) is 10.2 Å². The second kappa shape index (κ2) is 13.3.